The van der Waals surface area contributed by atoms with Gasteiger partial charge in [-0.3, -0.25) is 9.69 Å². The molecule has 0 aromatic carbocycles. The van der Waals surface area contributed by atoms with Crippen LogP contribution in [0.4, 0.5) is 0 Å². The monoisotopic (exact) mass is 253 g/mol. The second-order valence-corrected chi connectivity index (χ2v) is 5.28. The largest absolute Gasteiger partial charge is 0.355 e. The van der Waals surface area contributed by atoms with E-state index in [1.807, 2.05) is 6.92 Å². The summed E-state index contributed by atoms with van der Waals surface area (Å²) in [6.07, 6.45) is 0.563. The smallest absolute Gasteiger partial charge is 0.221 e. The van der Waals surface area contributed by atoms with Crippen LogP contribution < -0.4 is 11.1 Å². The molecule has 0 aliphatic carbocycles. The van der Waals surface area contributed by atoms with Crippen LogP contribution in [0.25, 0.3) is 0 Å². The lowest BCUT2D eigenvalue weighted by Gasteiger charge is -2.32. The van der Waals surface area contributed by atoms with E-state index in [0.717, 1.165) is 13.1 Å². The van der Waals surface area contributed by atoms with Crippen LogP contribution in [0.2, 0.25) is 0 Å². The number of hydrogen-bond acceptors (Lipinski definition) is 4. The average Bonchev–Trinajstić information content (AvgIpc) is 2.70. The zero-order valence-electron chi connectivity index (χ0n) is 10.1. The summed E-state index contributed by atoms with van der Waals surface area (Å²) in [4.78, 5) is 13.7. The van der Waals surface area contributed by atoms with Crippen molar-refractivity contribution in [2.45, 2.75) is 25.4 Å². The SMILES string of the molecule is CC(N)C(c1ccsc1)N1CCNC(=O)CC1. The van der Waals surface area contributed by atoms with Gasteiger partial charge in [-0.05, 0) is 29.3 Å². The zero-order chi connectivity index (χ0) is 12.3. The van der Waals surface area contributed by atoms with E-state index in [2.05, 4.69) is 27.0 Å². The number of nitrogens with one attached hydrogen (secondary N) is 1. The Balaban J connectivity index is 2.13. The average molecular weight is 253 g/mol. The Morgan fingerprint density at radius 1 is 1.53 bits per heavy atom. The number of rotatable bonds is 3. The van der Waals surface area contributed by atoms with Crippen LogP contribution in [0.5, 0.6) is 0 Å². The van der Waals surface area contributed by atoms with Crippen LogP contribution in [0.1, 0.15) is 24.9 Å². The van der Waals surface area contributed by atoms with Crippen LogP contribution in [0.15, 0.2) is 16.8 Å². The van der Waals surface area contributed by atoms with Gasteiger partial charge in [0.15, 0.2) is 0 Å². The van der Waals surface area contributed by atoms with Crippen LogP contribution in [-0.2, 0) is 4.79 Å². The first-order valence-electron chi connectivity index (χ1n) is 5.97. The number of nitrogens with two attached hydrogens (primary N) is 1. The molecular weight excluding hydrogens is 234 g/mol. The van der Waals surface area contributed by atoms with E-state index < -0.39 is 0 Å². The molecule has 0 radical (unpaired) electrons. The van der Waals surface area contributed by atoms with Gasteiger partial charge in [-0.2, -0.15) is 11.3 Å². The molecule has 0 spiro atoms. The molecule has 2 atom stereocenters. The maximum absolute atomic E-state index is 11.3. The molecule has 4 nitrogen and oxygen atoms in total. The third-order valence-electron chi connectivity index (χ3n) is 3.12. The Morgan fingerprint density at radius 2 is 2.35 bits per heavy atom. The third kappa shape index (κ3) is 3.06. The quantitative estimate of drug-likeness (QED) is 0.843. The molecule has 1 amide bonds. The minimum absolute atomic E-state index is 0.0674. The third-order valence-corrected chi connectivity index (χ3v) is 3.82. The lowest BCUT2D eigenvalue weighted by Crippen LogP contribution is -2.41. The van der Waals surface area contributed by atoms with Gasteiger partial charge in [0, 0.05) is 32.1 Å². The van der Waals surface area contributed by atoms with Gasteiger partial charge in [0.05, 0.1) is 6.04 Å². The molecule has 0 bridgehead atoms. The first-order chi connectivity index (χ1) is 8.18. The molecule has 1 aromatic heterocycles. The number of thiophene rings is 1. The first kappa shape index (κ1) is 12.5. The second-order valence-electron chi connectivity index (χ2n) is 4.50. The van der Waals surface area contributed by atoms with Crippen LogP contribution in [-0.4, -0.2) is 36.5 Å². The van der Waals surface area contributed by atoms with Crippen molar-refractivity contribution in [1.29, 1.82) is 0 Å². The van der Waals surface area contributed by atoms with Crippen molar-refractivity contribution in [3.8, 4) is 0 Å². The van der Waals surface area contributed by atoms with E-state index in [1.165, 1.54) is 5.56 Å². The Morgan fingerprint density at radius 3 is 3.00 bits per heavy atom. The van der Waals surface area contributed by atoms with Gasteiger partial charge in [0.2, 0.25) is 5.91 Å². The standard InChI is InChI=1S/C12H19N3OS/c1-9(13)12(10-3-7-17-8-10)15-5-2-11(16)14-4-6-15/h3,7-9,12H,2,4-6,13H2,1H3,(H,14,16). The molecule has 0 saturated carbocycles. The summed E-state index contributed by atoms with van der Waals surface area (Å²) in [5.74, 6) is 0.140. The predicted octanol–water partition coefficient (Wildman–Crippen LogP) is 0.958. The molecule has 5 heteroatoms. The van der Waals surface area contributed by atoms with Gasteiger partial charge in [0.1, 0.15) is 0 Å². The molecule has 1 aliphatic heterocycles. The van der Waals surface area contributed by atoms with E-state index in [0.29, 0.717) is 13.0 Å². The Labute approximate surface area is 106 Å². The summed E-state index contributed by atoms with van der Waals surface area (Å²) in [5, 5.41) is 7.12. The van der Waals surface area contributed by atoms with Gasteiger partial charge in [-0.25, -0.2) is 0 Å². The van der Waals surface area contributed by atoms with Crippen molar-refractivity contribution in [2.24, 2.45) is 5.73 Å². The van der Waals surface area contributed by atoms with Crippen LogP contribution in [0.3, 0.4) is 0 Å². The topological polar surface area (TPSA) is 58.4 Å². The van der Waals surface area contributed by atoms with E-state index >= 15 is 0 Å². The summed E-state index contributed by atoms with van der Waals surface area (Å²) >= 11 is 1.69. The predicted molar refractivity (Wildman–Crippen MR) is 69.9 cm³/mol. The van der Waals surface area contributed by atoms with Crippen molar-refractivity contribution >= 4 is 17.2 Å². The number of hydrogen-bond donors (Lipinski definition) is 2. The first-order valence-corrected chi connectivity index (χ1v) is 6.91. The summed E-state index contributed by atoms with van der Waals surface area (Å²) in [7, 11) is 0. The molecule has 2 unspecified atom stereocenters. The van der Waals surface area contributed by atoms with Crippen molar-refractivity contribution in [2.75, 3.05) is 19.6 Å². The van der Waals surface area contributed by atoms with Gasteiger partial charge in [-0.1, -0.05) is 0 Å². The fourth-order valence-corrected chi connectivity index (χ4v) is 3.04. The van der Waals surface area contributed by atoms with E-state index in [-0.39, 0.29) is 18.0 Å². The molecule has 94 valence electrons. The normalized spacial score (nSPS) is 21.6. The Bertz CT molecular complexity index is 364. The van der Waals surface area contributed by atoms with Gasteiger partial charge in [0.25, 0.3) is 0 Å². The lowest BCUT2D eigenvalue weighted by atomic mass is 10.0. The molecule has 1 fully saturated rings. The number of carbonyl (C=O) groups is 1. The lowest BCUT2D eigenvalue weighted by molar-refractivity contribution is -0.120. The minimum atomic E-state index is 0.0674. The van der Waals surface area contributed by atoms with Gasteiger partial charge < -0.3 is 11.1 Å². The maximum atomic E-state index is 11.3. The molecule has 2 rings (SSSR count). The maximum Gasteiger partial charge on any atom is 0.221 e. The number of carbonyl (C=O) groups excluding carboxylic acids is 1. The van der Waals surface area contributed by atoms with E-state index in [1.54, 1.807) is 11.3 Å². The molecule has 3 N–H and O–H groups in total. The van der Waals surface area contributed by atoms with Crippen LogP contribution >= 0.6 is 11.3 Å². The molecule has 2 heterocycles. The zero-order valence-corrected chi connectivity index (χ0v) is 10.9. The Kier molecular flexibility index (Phi) is 4.15. The molecule has 1 aromatic rings. The summed E-state index contributed by atoms with van der Waals surface area (Å²) in [5.41, 5.74) is 7.37. The highest BCUT2D eigenvalue weighted by Gasteiger charge is 2.26. The van der Waals surface area contributed by atoms with E-state index in [4.69, 9.17) is 5.73 Å². The van der Waals surface area contributed by atoms with Crippen molar-refractivity contribution in [3.05, 3.63) is 22.4 Å². The fourth-order valence-electron chi connectivity index (χ4n) is 2.35. The van der Waals surface area contributed by atoms with E-state index in [9.17, 15) is 4.79 Å². The van der Waals surface area contributed by atoms with Crippen molar-refractivity contribution in [1.82, 2.24) is 10.2 Å². The number of amides is 1. The highest BCUT2D eigenvalue weighted by Crippen LogP contribution is 2.25. The molecule has 1 saturated heterocycles. The van der Waals surface area contributed by atoms with Crippen molar-refractivity contribution < 1.29 is 4.79 Å². The highest BCUT2D eigenvalue weighted by atomic mass is 32.1. The van der Waals surface area contributed by atoms with Crippen molar-refractivity contribution in [3.63, 3.8) is 0 Å². The number of nitrogens with zero attached hydrogens (tertiary/aromatic N) is 1. The molecule has 1 aliphatic rings. The van der Waals surface area contributed by atoms with Gasteiger partial charge in [-0.15, -0.1) is 0 Å². The molecular formula is C12H19N3OS. The fraction of sp³-hybridized carbons (Fsp3) is 0.583. The Hall–Kier alpha value is -0.910. The minimum Gasteiger partial charge on any atom is -0.355 e. The summed E-state index contributed by atoms with van der Waals surface area (Å²) in [6, 6.07) is 2.41. The van der Waals surface area contributed by atoms with Crippen LogP contribution in [0, 0.1) is 0 Å². The molecule has 17 heavy (non-hydrogen) atoms. The second kappa shape index (κ2) is 5.62. The highest BCUT2D eigenvalue weighted by molar-refractivity contribution is 7.07. The van der Waals surface area contributed by atoms with Gasteiger partial charge >= 0.3 is 0 Å². The summed E-state index contributed by atoms with van der Waals surface area (Å²) < 4.78 is 0. The summed E-state index contributed by atoms with van der Waals surface area (Å²) in [6.45, 7) is 4.40.